The van der Waals surface area contributed by atoms with Crippen LogP contribution < -0.4 is 14.4 Å². The number of hydrogen-bond donors (Lipinski definition) is 0. The van der Waals surface area contributed by atoms with E-state index >= 15 is 0 Å². The van der Waals surface area contributed by atoms with E-state index in [4.69, 9.17) is 28.9 Å². The molecule has 0 unspecified atom stereocenters. The predicted octanol–water partition coefficient (Wildman–Crippen LogP) is 8.22. The topological polar surface area (TPSA) is 116 Å². The Morgan fingerprint density at radius 2 is 1.84 bits per heavy atom. The molecular formula is C42H54FN7O5S2Si. The zero-order valence-electron chi connectivity index (χ0n) is 34.8. The van der Waals surface area contributed by atoms with Crippen molar-refractivity contribution in [3.8, 4) is 17.6 Å². The summed E-state index contributed by atoms with van der Waals surface area (Å²) >= 11 is 2.97. The molecule has 3 heterocycles. The molecular weight excluding hydrogens is 794 g/mol. The van der Waals surface area contributed by atoms with Gasteiger partial charge in [-0.2, -0.15) is 4.99 Å². The van der Waals surface area contributed by atoms with Crippen molar-refractivity contribution in [3.63, 3.8) is 0 Å². The highest BCUT2D eigenvalue weighted by atomic mass is 32.1. The Hall–Kier alpha value is -4.50. The highest BCUT2D eigenvalue weighted by Gasteiger charge is 2.24. The first kappa shape index (κ1) is 44.6. The summed E-state index contributed by atoms with van der Waals surface area (Å²) < 4.78 is 40.8. The Morgan fingerprint density at radius 3 is 2.57 bits per heavy atom. The fraction of sp³-hybridized carbons (Fsp3) is 0.452. The van der Waals surface area contributed by atoms with Crippen molar-refractivity contribution < 1.29 is 28.1 Å². The van der Waals surface area contributed by atoms with Crippen molar-refractivity contribution in [2.24, 2.45) is 4.99 Å². The standard InChI is InChI=1S/C42H54FN7O5S2Si/c1-9-54-40(51)38-36(18-13-24-55-34-20-19-31(28-32(34)43)15-12-21-48(3)4)57-41(44-38)49(22-14-23-52-5)37-27-30(2)39(47-46-37)45-42-50(29-53-25-26-58(6,7)8)33-16-10-11-17-35(33)56-42/h10-11,16-17,19-20,27-28H,9,13-14,18,21-26,29H2,1-8H3. The van der Waals surface area contributed by atoms with E-state index in [9.17, 15) is 9.18 Å². The minimum absolute atomic E-state index is 0.148. The molecule has 58 heavy (non-hydrogen) atoms. The number of benzene rings is 2. The molecule has 0 aliphatic heterocycles. The number of nitrogens with zero attached hydrogens (tertiary/aromatic N) is 7. The smallest absolute Gasteiger partial charge is 0.358 e. The van der Waals surface area contributed by atoms with Crippen LogP contribution in [0.15, 0.2) is 53.5 Å². The number of hydrogen-bond acceptors (Lipinski definition) is 13. The van der Waals surface area contributed by atoms with E-state index in [2.05, 4.69) is 58.4 Å². The number of esters is 1. The lowest BCUT2D eigenvalue weighted by atomic mass is 10.2. The molecule has 3 aromatic heterocycles. The van der Waals surface area contributed by atoms with Crippen LogP contribution in [0.2, 0.25) is 25.7 Å². The zero-order valence-corrected chi connectivity index (χ0v) is 37.4. The molecule has 0 bridgehead atoms. The van der Waals surface area contributed by atoms with E-state index in [0.717, 1.165) is 31.5 Å². The normalized spacial score (nSPS) is 11.9. The van der Waals surface area contributed by atoms with Crippen molar-refractivity contribution in [1.29, 1.82) is 0 Å². The van der Waals surface area contributed by atoms with Gasteiger partial charge >= 0.3 is 5.97 Å². The van der Waals surface area contributed by atoms with Crippen LogP contribution in [-0.2, 0) is 27.4 Å². The molecule has 2 aromatic carbocycles. The van der Waals surface area contributed by atoms with Crippen LogP contribution in [0, 0.1) is 24.6 Å². The number of thiazole rings is 2. The fourth-order valence-electron chi connectivity index (χ4n) is 5.63. The Bertz CT molecular complexity index is 2280. The SMILES string of the molecule is CCOC(=O)c1nc(N(CCCOC)c2cc(C)c(N=c3sc4ccccc4n3COCC[Si](C)(C)C)nn2)sc1CCCOc1ccc(C#CCN(C)C)cc1F. The average Bonchev–Trinajstić information content (AvgIpc) is 3.76. The number of ether oxygens (including phenoxy) is 4. The van der Waals surface area contributed by atoms with Crippen LogP contribution >= 0.6 is 22.7 Å². The van der Waals surface area contributed by atoms with E-state index in [1.807, 2.05) is 49.0 Å². The molecule has 5 aromatic rings. The van der Waals surface area contributed by atoms with Gasteiger partial charge in [0.25, 0.3) is 0 Å². The summed E-state index contributed by atoms with van der Waals surface area (Å²) in [7, 11) is 4.27. The van der Waals surface area contributed by atoms with E-state index in [0.29, 0.717) is 74.6 Å². The maximum atomic E-state index is 14.8. The van der Waals surface area contributed by atoms with E-state index < -0.39 is 19.9 Å². The molecule has 0 radical (unpaired) electrons. The van der Waals surface area contributed by atoms with Gasteiger partial charge in [0.2, 0.25) is 0 Å². The molecule has 0 spiro atoms. The summed E-state index contributed by atoms with van der Waals surface area (Å²) in [5.74, 6) is 6.20. The Kier molecular flexibility index (Phi) is 16.5. The molecule has 310 valence electrons. The number of halogens is 1. The van der Waals surface area contributed by atoms with Crippen LogP contribution in [0.4, 0.5) is 21.2 Å². The summed E-state index contributed by atoms with van der Waals surface area (Å²) in [4.78, 5) is 28.3. The van der Waals surface area contributed by atoms with Gasteiger partial charge in [-0.05, 0) is 95.2 Å². The van der Waals surface area contributed by atoms with E-state index in [1.165, 1.54) is 17.4 Å². The Labute approximate surface area is 349 Å². The molecule has 0 N–H and O–H groups in total. The quantitative estimate of drug-likeness (QED) is 0.0329. The summed E-state index contributed by atoms with van der Waals surface area (Å²) in [5, 5.41) is 9.81. The van der Waals surface area contributed by atoms with Crippen molar-refractivity contribution in [1.82, 2.24) is 24.6 Å². The van der Waals surface area contributed by atoms with Crippen LogP contribution in [0.25, 0.3) is 10.2 Å². The Balaban J connectivity index is 1.37. The lowest BCUT2D eigenvalue weighted by molar-refractivity contribution is 0.0519. The average molecular weight is 848 g/mol. The Morgan fingerprint density at radius 1 is 1.03 bits per heavy atom. The van der Waals surface area contributed by atoms with Gasteiger partial charge in [0.15, 0.2) is 38.8 Å². The third-order valence-corrected chi connectivity index (χ3v) is 12.6. The molecule has 0 saturated carbocycles. The minimum atomic E-state index is -1.24. The molecule has 16 heteroatoms. The molecule has 0 atom stereocenters. The predicted molar refractivity (Wildman–Crippen MR) is 233 cm³/mol. The molecule has 5 rings (SSSR count). The van der Waals surface area contributed by atoms with Crippen molar-refractivity contribution in [2.75, 3.05) is 65.6 Å². The number of carbonyl (C=O) groups excluding carboxylic acids is 1. The van der Waals surface area contributed by atoms with Crippen molar-refractivity contribution in [3.05, 3.63) is 80.8 Å². The number of anilines is 2. The van der Waals surface area contributed by atoms with Gasteiger partial charge in [-0.3, -0.25) is 9.47 Å². The monoisotopic (exact) mass is 847 g/mol. The molecule has 0 saturated heterocycles. The number of para-hydroxylation sites is 1. The first-order chi connectivity index (χ1) is 27.9. The summed E-state index contributed by atoms with van der Waals surface area (Å²) in [6, 6.07) is 15.9. The van der Waals surface area contributed by atoms with Crippen LogP contribution in [0.1, 0.15) is 46.3 Å². The van der Waals surface area contributed by atoms with Gasteiger partial charge in [-0.15, -0.1) is 21.5 Å². The van der Waals surface area contributed by atoms with Gasteiger partial charge in [0.1, 0.15) is 6.73 Å². The van der Waals surface area contributed by atoms with E-state index in [-0.39, 0.29) is 24.7 Å². The highest BCUT2D eigenvalue weighted by Crippen LogP contribution is 2.34. The fourth-order valence-corrected chi connectivity index (χ4v) is 8.53. The lowest BCUT2D eigenvalue weighted by Crippen LogP contribution is -2.23. The molecule has 0 aliphatic rings. The van der Waals surface area contributed by atoms with E-state index in [1.54, 1.807) is 37.5 Å². The minimum Gasteiger partial charge on any atom is -0.491 e. The molecule has 0 aliphatic carbocycles. The number of aromatic nitrogens is 4. The highest BCUT2D eigenvalue weighted by molar-refractivity contribution is 7.16. The van der Waals surface area contributed by atoms with Crippen LogP contribution in [0.5, 0.6) is 5.75 Å². The van der Waals surface area contributed by atoms with Gasteiger partial charge in [0.05, 0.1) is 30.0 Å². The van der Waals surface area contributed by atoms with Gasteiger partial charge < -0.3 is 23.8 Å². The van der Waals surface area contributed by atoms with Crippen molar-refractivity contribution >= 4 is 63.7 Å². The summed E-state index contributed by atoms with van der Waals surface area (Å²) in [6.07, 6.45) is 1.65. The first-order valence-electron chi connectivity index (χ1n) is 19.4. The zero-order chi connectivity index (χ0) is 41.7. The number of rotatable bonds is 20. The van der Waals surface area contributed by atoms with Crippen LogP contribution in [0.3, 0.4) is 0 Å². The number of fused-ring (bicyclic) bond motifs is 1. The van der Waals surface area contributed by atoms with Gasteiger partial charge in [-0.25, -0.2) is 14.2 Å². The third-order valence-electron chi connectivity index (χ3n) is 8.71. The first-order valence-corrected chi connectivity index (χ1v) is 24.7. The second-order valence-corrected chi connectivity index (χ2v) is 22.8. The summed E-state index contributed by atoms with van der Waals surface area (Å²) in [5.41, 5.74) is 2.70. The number of methoxy groups -OCH3 is 1. The maximum Gasteiger partial charge on any atom is 0.358 e. The largest absolute Gasteiger partial charge is 0.491 e. The number of carbonyl (C=O) groups is 1. The molecule has 0 amide bonds. The second-order valence-electron chi connectivity index (χ2n) is 15.1. The summed E-state index contributed by atoms with van der Waals surface area (Å²) in [6.45, 7) is 13.9. The maximum absolute atomic E-state index is 14.8. The lowest BCUT2D eigenvalue weighted by Gasteiger charge is -2.20. The van der Waals surface area contributed by atoms with Gasteiger partial charge in [0, 0.05) is 45.4 Å². The third kappa shape index (κ3) is 12.7. The second kappa shape index (κ2) is 21.5. The van der Waals surface area contributed by atoms with Crippen molar-refractivity contribution in [2.45, 2.75) is 65.5 Å². The molecule has 12 nitrogen and oxygen atoms in total. The van der Waals surface area contributed by atoms with Crippen LogP contribution in [-0.4, -0.2) is 99.4 Å². The number of aryl methyl sites for hydroxylation is 2. The molecule has 0 fully saturated rings. The van der Waals surface area contributed by atoms with Gasteiger partial charge in [-0.1, -0.05) is 55.0 Å².